The predicted molar refractivity (Wildman–Crippen MR) is 59.9 cm³/mol. The molecule has 0 amide bonds. The molecule has 0 aromatic carbocycles. The molecular formula is C9H13N5S. The molecule has 0 spiro atoms. The highest BCUT2D eigenvalue weighted by Gasteiger charge is 2.04. The van der Waals surface area contributed by atoms with E-state index in [0.717, 1.165) is 23.2 Å². The lowest BCUT2D eigenvalue weighted by Gasteiger charge is -1.99. The summed E-state index contributed by atoms with van der Waals surface area (Å²) in [5.41, 5.74) is 2.23. The van der Waals surface area contributed by atoms with Gasteiger partial charge in [0, 0.05) is 36.9 Å². The first kappa shape index (κ1) is 10.1. The number of anilines is 1. The number of rotatable bonds is 3. The Kier molecular flexibility index (Phi) is 2.68. The van der Waals surface area contributed by atoms with Gasteiger partial charge in [-0.05, 0) is 13.8 Å². The van der Waals surface area contributed by atoms with Crippen LogP contribution in [0.1, 0.15) is 17.1 Å². The van der Waals surface area contributed by atoms with E-state index in [1.165, 1.54) is 17.1 Å². The maximum Gasteiger partial charge on any atom is 0.202 e. The lowest BCUT2D eigenvalue weighted by Crippen LogP contribution is -1.99. The van der Waals surface area contributed by atoms with E-state index in [4.69, 9.17) is 0 Å². The van der Waals surface area contributed by atoms with E-state index in [-0.39, 0.29) is 0 Å². The Morgan fingerprint density at radius 2 is 2.27 bits per heavy atom. The third kappa shape index (κ3) is 2.33. The molecule has 2 aromatic rings. The van der Waals surface area contributed by atoms with Crippen molar-refractivity contribution in [2.45, 2.75) is 20.4 Å². The minimum atomic E-state index is 0.744. The van der Waals surface area contributed by atoms with Crippen LogP contribution < -0.4 is 5.32 Å². The van der Waals surface area contributed by atoms with Crippen molar-refractivity contribution in [1.29, 1.82) is 0 Å². The second kappa shape index (κ2) is 3.98. The highest BCUT2D eigenvalue weighted by atomic mass is 32.1. The van der Waals surface area contributed by atoms with Crippen LogP contribution >= 0.6 is 11.5 Å². The summed E-state index contributed by atoms with van der Waals surface area (Å²) in [4.78, 5) is 4.23. The third-order valence-electron chi connectivity index (χ3n) is 2.07. The molecule has 0 fully saturated rings. The maximum atomic E-state index is 4.27. The fourth-order valence-corrected chi connectivity index (χ4v) is 1.93. The average Bonchev–Trinajstić information content (AvgIpc) is 2.70. The standard InChI is InChI=1S/C9H13N5S/c1-6-8(5-14(3)12-6)4-10-9-11-7(2)13-15-9/h5H,4H2,1-3H3,(H,10,11,13). The molecule has 2 heterocycles. The Balaban J connectivity index is 2.01. The summed E-state index contributed by atoms with van der Waals surface area (Å²) in [5.74, 6) is 0.811. The fourth-order valence-electron chi connectivity index (χ4n) is 1.36. The van der Waals surface area contributed by atoms with E-state index in [0.29, 0.717) is 0 Å². The molecule has 6 heteroatoms. The van der Waals surface area contributed by atoms with Gasteiger partial charge in [0.2, 0.25) is 5.13 Å². The van der Waals surface area contributed by atoms with Crippen LogP contribution in [0.2, 0.25) is 0 Å². The summed E-state index contributed by atoms with van der Waals surface area (Å²) in [6.45, 7) is 4.63. The van der Waals surface area contributed by atoms with Gasteiger partial charge in [0.05, 0.1) is 5.69 Å². The van der Waals surface area contributed by atoms with Crippen LogP contribution in [0, 0.1) is 13.8 Å². The quantitative estimate of drug-likeness (QED) is 0.856. The van der Waals surface area contributed by atoms with Gasteiger partial charge < -0.3 is 5.32 Å². The SMILES string of the molecule is Cc1nsc(NCc2cn(C)nc2C)n1. The molecule has 0 saturated heterocycles. The van der Waals surface area contributed by atoms with Crippen LogP contribution in [0.3, 0.4) is 0 Å². The number of nitrogens with one attached hydrogen (secondary N) is 1. The van der Waals surface area contributed by atoms with Gasteiger partial charge >= 0.3 is 0 Å². The van der Waals surface area contributed by atoms with Gasteiger partial charge in [0.25, 0.3) is 0 Å². The lowest BCUT2D eigenvalue weighted by molar-refractivity contribution is 0.756. The molecule has 0 saturated carbocycles. The first-order chi connectivity index (χ1) is 7.15. The van der Waals surface area contributed by atoms with E-state index in [2.05, 4.69) is 19.8 Å². The maximum absolute atomic E-state index is 4.27. The van der Waals surface area contributed by atoms with E-state index in [1.807, 2.05) is 31.8 Å². The minimum absolute atomic E-state index is 0.744. The largest absolute Gasteiger partial charge is 0.356 e. The van der Waals surface area contributed by atoms with Crippen molar-refractivity contribution in [2.75, 3.05) is 5.32 Å². The smallest absolute Gasteiger partial charge is 0.202 e. The van der Waals surface area contributed by atoms with Crippen LogP contribution in [0.25, 0.3) is 0 Å². The first-order valence-electron chi connectivity index (χ1n) is 4.68. The number of aromatic nitrogens is 4. The fraction of sp³-hybridized carbons (Fsp3) is 0.444. The zero-order valence-corrected chi connectivity index (χ0v) is 9.80. The average molecular weight is 223 g/mol. The highest BCUT2D eigenvalue weighted by Crippen LogP contribution is 2.13. The van der Waals surface area contributed by atoms with Crippen molar-refractivity contribution in [1.82, 2.24) is 19.1 Å². The normalized spacial score (nSPS) is 10.6. The molecule has 5 nitrogen and oxygen atoms in total. The lowest BCUT2D eigenvalue weighted by atomic mass is 10.3. The molecule has 0 aliphatic heterocycles. The van der Waals surface area contributed by atoms with Crippen molar-refractivity contribution < 1.29 is 0 Å². The van der Waals surface area contributed by atoms with E-state index in [9.17, 15) is 0 Å². The predicted octanol–water partition coefficient (Wildman–Crippen LogP) is 1.50. The Bertz CT molecular complexity index is 459. The van der Waals surface area contributed by atoms with Crippen LogP contribution in [0.15, 0.2) is 6.20 Å². The topological polar surface area (TPSA) is 55.6 Å². The molecule has 0 bridgehead atoms. The molecule has 0 radical (unpaired) electrons. The van der Waals surface area contributed by atoms with Crippen molar-refractivity contribution in [3.63, 3.8) is 0 Å². The molecule has 1 N–H and O–H groups in total. The van der Waals surface area contributed by atoms with Crippen molar-refractivity contribution in [2.24, 2.45) is 7.05 Å². The third-order valence-corrected chi connectivity index (χ3v) is 2.84. The molecular weight excluding hydrogens is 210 g/mol. The zero-order chi connectivity index (χ0) is 10.8. The molecule has 0 atom stereocenters. The number of hydrogen-bond donors (Lipinski definition) is 1. The highest BCUT2D eigenvalue weighted by molar-refractivity contribution is 7.09. The minimum Gasteiger partial charge on any atom is -0.356 e. The molecule has 15 heavy (non-hydrogen) atoms. The summed E-state index contributed by atoms with van der Waals surface area (Å²) in [6.07, 6.45) is 2.01. The van der Waals surface area contributed by atoms with E-state index < -0.39 is 0 Å². The first-order valence-corrected chi connectivity index (χ1v) is 5.46. The van der Waals surface area contributed by atoms with E-state index >= 15 is 0 Å². The van der Waals surface area contributed by atoms with Crippen molar-refractivity contribution in [3.05, 3.63) is 23.3 Å². The molecule has 2 aromatic heterocycles. The van der Waals surface area contributed by atoms with Gasteiger partial charge in [-0.25, -0.2) is 4.98 Å². The van der Waals surface area contributed by atoms with Gasteiger partial charge in [-0.1, -0.05) is 0 Å². The molecule has 2 rings (SSSR count). The second-order valence-corrected chi connectivity index (χ2v) is 4.17. The summed E-state index contributed by atoms with van der Waals surface area (Å²) in [5, 5.41) is 8.36. The monoisotopic (exact) mass is 223 g/mol. The summed E-state index contributed by atoms with van der Waals surface area (Å²) in [7, 11) is 1.92. The number of hydrogen-bond acceptors (Lipinski definition) is 5. The van der Waals surface area contributed by atoms with Gasteiger partial charge in [0.15, 0.2) is 0 Å². The number of aryl methyl sites for hydroxylation is 3. The molecule has 0 unspecified atom stereocenters. The van der Waals surface area contributed by atoms with Crippen molar-refractivity contribution in [3.8, 4) is 0 Å². The molecule has 80 valence electrons. The van der Waals surface area contributed by atoms with E-state index in [1.54, 1.807) is 0 Å². The van der Waals surface area contributed by atoms with Crippen LogP contribution in [-0.2, 0) is 13.6 Å². The van der Waals surface area contributed by atoms with Crippen molar-refractivity contribution >= 4 is 16.7 Å². The summed E-state index contributed by atoms with van der Waals surface area (Å²) < 4.78 is 5.92. The number of nitrogens with zero attached hydrogens (tertiary/aromatic N) is 4. The Morgan fingerprint density at radius 3 is 2.80 bits per heavy atom. The van der Waals surface area contributed by atoms with Crippen LogP contribution in [0.5, 0.6) is 0 Å². The van der Waals surface area contributed by atoms with Gasteiger partial charge in [-0.2, -0.15) is 9.47 Å². The Morgan fingerprint density at radius 1 is 1.47 bits per heavy atom. The van der Waals surface area contributed by atoms with Gasteiger partial charge in [0.1, 0.15) is 5.82 Å². The Labute approximate surface area is 92.3 Å². The van der Waals surface area contributed by atoms with Gasteiger partial charge in [-0.15, -0.1) is 0 Å². The zero-order valence-electron chi connectivity index (χ0n) is 8.98. The summed E-state index contributed by atoms with van der Waals surface area (Å²) >= 11 is 1.38. The van der Waals surface area contributed by atoms with Crippen LogP contribution in [-0.4, -0.2) is 19.1 Å². The van der Waals surface area contributed by atoms with Crippen LogP contribution in [0.4, 0.5) is 5.13 Å². The summed E-state index contributed by atoms with van der Waals surface area (Å²) in [6, 6.07) is 0. The van der Waals surface area contributed by atoms with Gasteiger partial charge in [-0.3, -0.25) is 4.68 Å². The molecule has 0 aliphatic carbocycles. The second-order valence-electron chi connectivity index (χ2n) is 3.41. The Hall–Kier alpha value is -1.43. The molecule has 0 aliphatic rings.